The molecule has 47 heavy (non-hydrogen) atoms. The van der Waals surface area contributed by atoms with Crippen molar-refractivity contribution in [1.29, 1.82) is 0 Å². The fourth-order valence-corrected chi connectivity index (χ4v) is 7.22. The lowest BCUT2D eigenvalue weighted by Crippen LogP contribution is -2.41. The fraction of sp³-hybridized carbons (Fsp3) is 0.700. The van der Waals surface area contributed by atoms with Crippen molar-refractivity contribution in [3.8, 4) is 0 Å². The maximum Gasteiger partial charge on any atom is 0.495 e. The van der Waals surface area contributed by atoms with Gasteiger partial charge in [-0.2, -0.15) is 0 Å². The summed E-state index contributed by atoms with van der Waals surface area (Å²) in [5, 5.41) is 2.47. The minimum absolute atomic E-state index is 0.371. The number of aromatic nitrogens is 1. The summed E-state index contributed by atoms with van der Waals surface area (Å²) in [7, 11) is -0.764. The molecule has 2 saturated heterocycles. The summed E-state index contributed by atoms with van der Waals surface area (Å²) >= 11 is 0. The first-order chi connectivity index (χ1) is 22.2. The first kappa shape index (κ1) is 36.5. The Labute approximate surface area is 286 Å². The van der Waals surface area contributed by atoms with Crippen molar-refractivity contribution < 1.29 is 18.6 Å². The maximum absolute atomic E-state index is 6.60. The second kappa shape index (κ2) is 14.6. The van der Waals surface area contributed by atoms with Crippen molar-refractivity contribution in [2.75, 3.05) is 0 Å². The summed E-state index contributed by atoms with van der Waals surface area (Å²) < 4.78 is 26.0. The smallest absolute Gasteiger partial charge is 0.399 e. The third-order valence-electron chi connectivity index (χ3n) is 11.9. The molecule has 2 fully saturated rings. The van der Waals surface area contributed by atoms with E-state index < -0.39 is 0 Å². The van der Waals surface area contributed by atoms with Crippen LogP contribution in [0, 0.1) is 5.92 Å². The van der Waals surface area contributed by atoms with Gasteiger partial charge in [0, 0.05) is 21.8 Å². The molecule has 0 bridgehead atoms. The van der Waals surface area contributed by atoms with E-state index in [0.717, 1.165) is 35.2 Å². The molecule has 7 heteroatoms. The SMILES string of the molecule is CCCCCCC(C)CCCCCCCCc1c(B2OC(C)(C)C(C)(C)O2)ccc2c1[nH]c1cc(B3OC(C)(C)C(C)(C)O3)ccc12. The molecule has 3 aromatic rings. The molecule has 1 atom stereocenters. The number of aryl methyl sites for hydroxylation is 1. The highest BCUT2D eigenvalue weighted by molar-refractivity contribution is 6.63. The average molecular weight is 644 g/mol. The predicted octanol–water partition coefficient (Wildman–Crippen LogP) is 9.80. The monoisotopic (exact) mass is 643 g/mol. The first-order valence-electron chi connectivity index (χ1n) is 18.9. The Hall–Kier alpha value is -1.79. The Bertz CT molecular complexity index is 1460. The van der Waals surface area contributed by atoms with Gasteiger partial charge in [0.15, 0.2) is 0 Å². The van der Waals surface area contributed by atoms with E-state index in [9.17, 15) is 0 Å². The predicted molar refractivity (Wildman–Crippen MR) is 201 cm³/mol. The normalized spacial score (nSPS) is 20.6. The number of hydrogen-bond donors (Lipinski definition) is 1. The van der Waals surface area contributed by atoms with Crippen LogP contribution in [0.25, 0.3) is 21.8 Å². The topological polar surface area (TPSA) is 52.7 Å². The van der Waals surface area contributed by atoms with Crippen LogP contribution in [0.3, 0.4) is 0 Å². The number of unbranched alkanes of at least 4 members (excludes halogenated alkanes) is 8. The standard InChI is InChI=1S/C40H63B2NO4/c1-11-12-13-18-21-29(2)22-19-16-14-15-17-20-23-33-34(42-46-39(7,8)40(9,10)47-42)27-26-32-31-25-24-30(28-35(31)43-36(32)33)41-44-37(3,4)38(5,6)45-41/h24-29,43H,11-23H2,1-10H3. The van der Waals surface area contributed by atoms with Gasteiger partial charge in [-0.25, -0.2) is 0 Å². The highest BCUT2D eigenvalue weighted by atomic mass is 16.7. The Balaban J connectivity index is 1.29. The molecular formula is C40H63B2NO4. The van der Waals surface area contributed by atoms with Gasteiger partial charge in [0.05, 0.1) is 22.4 Å². The summed E-state index contributed by atoms with van der Waals surface area (Å²) in [6.07, 6.45) is 17.1. The zero-order valence-electron chi connectivity index (χ0n) is 31.4. The minimum Gasteiger partial charge on any atom is -0.399 e. The van der Waals surface area contributed by atoms with E-state index in [-0.39, 0.29) is 36.6 Å². The van der Waals surface area contributed by atoms with Gasteiger partial charge in [-0.1, -0.05) is 109 Å². The molecule has 2 aromatic carbocycles. The Morgan fingerprint density at radius 1 is 0.617 bits per heavy atom. The van der Waals surface area contributed by atoms with Gasteiger partial charge in [-0.15, -0.1) is 0 Å². The Morgan fingerprint density at radius 2 is 1.13 bits per heavy atom. The number of hydrogen-bond acceptors (Lipinski definition) is 4. The lowest BCUT2D eigenvalue weighted by molar-refractivity contribution is 0.00578. The second-order valence-corrected chi connectivity index (χ2v) is 16.8. The molecular weight excluding hydrogens is 580 g/mol. The molecule has 2 aliphatic rings. The van der Waals surface area contributed by atoms with Gasteiger partial charge >= 0.3 is 14.2 Å². The number of aromatic amines is 1. The van der Waals surface area contributed by atoms with E-state index in [1.165, 1.54) is 92.5 Å². The van der Waals surface area contributed by atoms with Crippen LogP contribution >= 0.6 is 0 Å². The van der Waals surface area contributed by atoms with Crippen LogP contribution < -0.4 is 10.9 Å². The lowest BCUT2D eigenvalue weighted by atomic mass is 9.74. The molecule has 1 aromatic heterocycles. The van der Waals surface area contributed by atoms with E-state index in [2.05, 4.69) is 105 Å². The fourth-order valence-electron chi connectivity index (χ4n) is 7.22. The number of H-pyrrole nitrogens is 1. The lowest BCUT2D eigenvalue weighted by Gasteiger charge is -2.32. The van der Waals surface area contributed by atoms with Crippen molar-refractivity contribution >= 4 is 47.0 Å². The summed E-state index contributed by atoms with van der Waals surface area (Å²) in [5.41, 5.74) is 4.33. The molecule has 0 aliphatic carbocycles. The van der Waals surface area contributed by atoms with Gasteiger partial charge < -0.3 is 23.6 Å². The highest BCUT2D eigenvalue weighted by Gasteiger charge is 2.53. The largest absolute Gasteiger partial charge is 0.495 e. The van der Waals surface area contributed by atoms with Crippen LogP contribution in [0.4, 0.5) is 0 Å². The van der Waals surface area contributed by atoms with Crippen LogP contribution in [-0.2, 0) is 25.0 Å². The van der Waals surface area contributed by atoms with Gasteiger partial charge in [-0.3, -0.25) is 0 Å². The van der Waals surface area contributed by atoms with Gasteiger partial charge in [0.1, 0.15) is 0 Å². The molecule has 1 N–H and O–H groups in total. The zero-order chi connectivity index (χ0) is 34.0. The number of rotatable bonds is 16. The van der Waals surface area contributed by atoms with E-state index >= 15 is 0 Å². The second-order valence-electron chi connectivity index (χ2n) is 16.8. The van der Waals surface area contributed by atoms with Gasteiger partial charge in [0.2, 0.25) is 0 Å². The summed E-state index contributed by atoms with van der Waals surface area (Å²) in [4.78, 5) is 3.84. The molecule has 0 amide bonds. The molecule has 1 unspecified atom stereocenters. The molecule has 2 aliphatic heterocycles. The van der Waals surface area contributed by atoms with E-state index in [1.54, 1.807) is 0 Å². The van der Waals surface area contributed by atoms with Crippen molar-refractivity contribution in [2.24, 2.45) is 5.92 Å². The third-order valence-corrected chi connectivity index (χ3v) is 11.9. The molecule has 0 radical (unpaired) electrons. The minimum atomic E-state index is -0.385. The van der Waals surface area contributed by atoms with Crippen LogP contribution in [0.5, 0.6) is 0 Å². The Kier molecular flexibility index (Phi) is 11.3. The van der Waals surface area contributed by atoms with Crippen molar-refractivity contribution in [2.45, 2.75) is 175 Å². The van der Waals surface area contributed by atoms with E-state index in [4.69, 9.17) is 18.6 Å². The molecule has 0 saturated carbocycles. The van der Waals surface area contributed by atoms with Crippen molar-refractivity contribution in [3.63, 3.8) is 0 Å². The Morgan fingerprint density at radius 3 is 1.72 bits per heavy atom. The third kappa shape index (κ3) is 8.00. The van der Waals surface area contributed by atoms with Crippen LogP contribution in [-0.4, -0.2) is 41.6 Å². The quantitative estimate of drug-likeness (QED) is 0.125. The van der Waals surface area contributed by atoms with Crippen molar-refractivity contribution in [3.05, 3.63) is 35.9 Å². The van der Waals surface area contributed by atoms with Gasteiger partial charge in [0.25, 0.3) is 0 Å². The first-order valence-corrected chi connectivity index (χ1v) is 18.9. The molecule has 5 nitrogen and oxygen atoms in total. The number of benzene rings is 2. The number of fused-ring (bicyclic) bond motifs is 3. The summed E-state index contributed by atoms with van der Waals surface area (Å²) in [6, 6.07) is 11.1. The zero-order valence-corrected chi connectivity index (χ0v) is 31.4. The van der Waals surface area contributed by atoms with Crippen LogP contribution in [0.15, 0.2) is 30.3 Å². The number of nitrogens with one attached hydrogen (secondary N) is 1. The van der Waals surface area contributed by atoms with Crippen LogP contribution in [0.1, 0.15) is 152 Å². The van der Waals surface area contributed by atoms with Gasteiger partial charge in [-0.05, 0) is 96.7 Å². The van der Waals surface area contributed by atoms with E-state index in [0.29, 0.717) is 0 Å². The van der Waals surface area contributed by atoms with E-state index in [1.807, 2.05) is 0 Å². The highest BCUT2D eigenvalue weighted by Crippen LogP contribution is 2.39. The van der Waals surface area contributed by atoms with Crippen LogP contribution in [0.2, 0.25) is 0 Å². The summed E-state index contributed by atoms with van der Waals surface area (Å²) in [5.74, 6) is 0.880. The molecule has 3 heterocycles. The molecule has 5 rings (SSSR count). The maximum atomic E-state index is 6.60. The average Bonchev–Trinajstić information content (AvgIpc) is 3.55. The van der Waals surface area contributed by atoms with Crippen molar-refractivity contribution in [1.82, 2.24) is 4.98 Å². The summed E-state index contributed by atoms with van der Waals surface area (Å²) in [6.45, 7) is 21.7. The molecule has 0 spiro atoms. The molecule has 258 valence electrons.